The number of benzene rings is 1. The Morgan fingerprint density at radius 3 is 2.52 bits per heavy atom. The first-order valence-electron chi connectivity index (χ1n) is 8.97. The van der Waals surface area contributed by atoms with E-state index in [1.165, 1.54) is 0 Å². The van der Waals surface area contributed by atoms with Crippen molar-refractivity contribution in [3.05, 3.63) is 64.9 Å². The second-order valence-electron chi connectivity index (χ2n) is 6.65. The predicted molar refractivity (Wildman–Crippen MR) is 104 cm³/mol. The van der Waals surface area contributed by atoms with E-state index in [1.807, 2.05) is 12.1 Å². The molecule has 4 rings (SSSR count). The predicted octanol–water partition coefficient (Wildman–Crippen LogP) is 3.91. The topological polar surface area (TPSA) is 75.5 Å². The number of carbonyl (C=O) groups excluding carboxylic acids is 2. The van der Waals surface area contributed by atoms with Gasteiger partial charge in [0.25, 0.3) is 11.8 Å². The van der Waals surface area contributed by atoms with Crippen molar-refractivity contribution in [2.75, 3.05) is 5.32 Å². The summed E-state index contributed by atoms with van der Waals surface area (Å²) in [5.74, 6) is -0.325. The summed E-state index contributed by atoms with van der Waals surface area (Å²) in [6.07, 6.45) is 5.98. The molecule has 2 N–H and O–H groups in total. The second-order valence-corrected chi connectivity index (χ2v) is 7.09. The number of fused-ring (bicyclic) bond motifs is 1. The molecule has 0 bridgehead atoms. The molecule has 2 aromatic heterocycles. The minimum absolute atomic E-state index is 0.173. The fraction of sp³-hybridized carbons (Fsp3) is 0.250. The fourth-order valence-electron chi connectivity index (χ4n) is 3.40. The minimum Gasteiger partial charge on any atom is -0.348 e. The maximum atomic E-state index is 12.9. The number of hydrogen-bond donors (Lipinski definition) is 2. The number of nitrogens with zero attached hydrogens (tertiary/aromatic N) is 2. The Morgan fingerprint density at radius 1 is 1.04 bits per heavy atom. The van der Waals surface area contributed by atoms with E-state index in [0.717, 1.165) is 25.7 Å². The molecule has 1 saturated carbocycles. The normalized spacial score (nSPS) is 14.4. The molecule has 0 atom stereocenters. The van der Waals surface area contributed by atoms with Crippen LogP contribution in [0.15, 0.2) is 48.7 Å². The van der Waals surface area contributed by atoms with Gasteiger partial charge in [-0.15, -0.1) is 0 Å². The van der Waals surface area contributed by atoms with Crippen molar-refractivity contribution in [2.24, 2.45) is 0 Å². The smallest absolute Gasteiger partial charge is 0.272 e. The molecule has 0 unspecified atom stereocenters. The van der Waals surface area contributed by atoms with Gasteiger partial charge in [-0.3, -0.25) is 14.0 Å². The van der Waals surface area contributed by atoms with Crippen molar-refractivity contribution in [1.29, 1.82) is 0 Å². The summed E-state index contributed by atoms with van der Waals surface area (Å²) in [6.45, 7) is 0. The molecule has 1 aliphatic rings. The zero-order valence-electron chi connectivity index (χ0n) is 14.6. The molecule has 0 aliphatic heterocycles. The molecule has 27 heavy (non-hydrogen) atoms. The Labute approximate surface area is 161 Å². The number of halogens is 1. The molecule has 0 saturated heterocycles. The van der Waals surface area contributed by atoms with Gasteiger partial charge in [0.05, 0.1) is 0 Å². The van der Waals surface area contributed by atoms with Crippen LogP contribution in [0, 0.1) is 0 Å². The van der Waals surface area contributed by atoms with E-state index in [0.29, 0.717) is 21.9 Å². The molecule has 7 heteroatoms. The van der Waals surface area contributed by atoms with E-state index >= 15 is 0 Å². The van der Waals surface area contributed by atoms with Gasteiger partial charge in [-0.05, 0) is 49.2 Å². The van der Waals surface area contributed by atoms with Gasteiger partial charge in [-0.1, -0.05) is 30.5 Å². The number of nitrogens with one attached hydrogen (secondary N) is 2. The van der Waals surface area contributed by atoms with Gasteiger partial charge < -0.3 is 10.6 Å². The second kappa shape index (κ2) is 7.40. The summed E-state index contributed by atoms with van der Waals surface area (Å²) in [4.78, 5) is 29.9. The molecule has 3 aromatic rings. The third kappa shape index (κ3) is 3.66. The lowest BCUT2D eigenvalue weighted by atomic mass is 10.2. The van der Waals surface area contributed by atoms with Crippen molar-refractivity contribution in [2.45, 2.75) is 31.7 Å². The summed E-state index contributed by atoms with van der Waals surface area (Å²) >= 11 is 5.88. The number of aromatic nitrogens is 2. The van der Waals surface area contributed by atoms with Crippen LogP contribution in [-0.2, 0) is 0 Å². The first kappa shape index (κ1) is 17.5. The Balaban J connectivity index is 1.65. The van der Waals surface area contributed by atoms with Gasteiger partial charge in [0.2, 0.25) is 0 Å². The number of carbonyl (C=O) groups is 2. The third-order valence-electron chi connectivity index (χ3n) is 4.77. The monoisotopic (exact) mass is 382 g/mol. The summed E-state index contributed by atoms with van der Waals surface area (Å²) in [5.41, 5.74) is 1.37. The molecule has 0 spiro atoms. The van der Waals surface area contributed by atoms with Crippen LogP contribution in [0.1, 0.15) is 46.5 Å². The van der Waals surface area contributed by atoms with Gasteiger partial charge in [0.15, 0.2) is 11.5 Å². The lowest BCUT2D eigenvalue weighted by Crippen LogP contribution is -2.34. The van der Waals surface area contributed by atoms with Crippen LogP contribution in [0.4, 0.5) is 5.82 Å². The van der Waals surface area contributed by atoms with Crippen LogP contribution in [0.2, 0.25) is 5.02 Å². The third-order valence-corrected chi connectivity index (χ3v) is 5.03. The quantitative estimate of drug-likeness (QED) is 0.718. The van der Waals surface area contributed by atoms with Gasteiger partial charge in [-0.2, -0.15) is 0 Å². The van der Waals surface area contributed by atoms with Gasteiger partial charge in [0.1, 0.15) is 5.65 Å². The number of amides is 2. The number of pyridine rings is 1. The highest BCUT2D eigenvalue weighted by atomic mass is 35.5. The summed E-state index contributed by atoms with van der Waals surface area (Å²) in [6, 6.07) is 12.2. The zero-order chi connectivity index (χ0) is 18.8. The Hall–Kier alpha value is -2.86. The number of imidazole rings is 1. The molecular formula is C20H19ClN4O2. The molecule has 1 aromatic carbocycles. The van der Waals surface area contributed by atoms with E-state index in [9.17, 15) is 9.59 Å². The van der Waals surface area contributed by atoms with Crippen molar-refractivity contribution in [1.82, 2.24) is 14.7 Å². The highest BCUT2D eigenvalue weighted by Gasteiger charge is 2.24. The number of anilines is 1. The first-order valence-corrected chi connectivity index (χ1v) is 9.34. The van der Waals surface area contributed by atoms with Crippen molar-refractivity contribution < 1.29 is 9.59 Å². The molecule has 1 aliphatic carbocycles. The molecule has 6 nitrogen and oxygen atoms in total. The van der Waals surface area contributed by atoms with E-state index in [1.54, 1.807) is 40.9 Å². The summed E-state index contributed by atoms with van der Waals surface area (Å²) in [5, 5.41) is 6.38. The van der Waals surface area contributed by atoms with Gasteiger partial charge >= 0.3 is 0 Å². The lowest BCUT2D eigenvalue weighted by Gasteiger charge is -2.13. The van der Waals surface area contributed by atoms with Crippen molar-refractivity contribution in [3.8, 4) is 0 Å². The molecule has 2 amide bonds. The Bertz CT molecular complexity index is 991. The van der Waals surface area contributed by atoms with E-state index in [2.05, 4.69) is 15.6 Å². The highest BCUT2D eigenvalue weighted by molar-refractivity contribution is 6.30. The minimum atomic E-state index is -0.343. The van der Waals surface area contributed by atoms with E-state index in [-0.39, 0.29) is 23.7 Å². The lowest BCUT2D eigenvalue weighted by molar-refractivity contribution is 0.0933. The van der Waals surface area contributed by atoms with E-state index < -0.39 is 0 Å². The molecule has 1 fully saturated rings. The average Bonchev–Trinajstić information content (AvgIpc) is 3.29. The van der Waals surface area contributed by atoms with Crippen LogP contribution in [0.25, 0.3) is 5.65 Å². The molecule has 0 radical (unpaired) electrons. The van der Waals surface area contributed by atoms with E-state index in [4.69, 9.17) is 11.6 Å². The van der Waals surface area contributed by atoms with Crippen molar-refractivity contribution in [3.63, 3.8) is 0 Å². The molecule has 2 heterocycles. The van der Waals surface area contributed by atoms with Crippen LogP contribution in [0.5, 0.6) is 0 Å². The van der Waals surface area contributed by atoms with Crippen LogP contribution >= 0.6 is 11.6 Å². The molecular weight excluding hydrogens is 364 g/mol. The average molecular weight is 383 g/mol. The Morgan fingerprint density at radius 2 is 1.78 bits per heavy atom. The number of hydrogen-bond acceptors (Lipinski definition) is 3. The van der Waals surface area contributed by atoms with Crippen LogP contribution < -0.4 is 10.6 Å². The zero-order valence-corrected chi connectivity index (χ0v) is 15.4. The number of rotatable bonds is 4. The molecule has 138 valence electrons. The van der Waals surface area contributed by atoms with Crippen molar-refractivity contribution >= 4 is 34.9 Å². The standard InChI is InChI=1S/C20H19ClN4O2/c21-14-10-8-13(9-11-14)19(26)24-18-17(20(27)22-15-5-1-2-6-15)25-12-4-3-7-16(25)23-18/h3-4,7-12,15H,1-2,5-6H2,(H,22,27)(H,24,26). The SMILES string of the molecule is O=C(Nc1nc2ccccn2c1C(=O)NC1CCCC1)c1ccc(Cl)cc1. The summed E-state index contributed by atoms with van der Waals surface area (Å²) < 4.78 is 1.70. The highest BCUT2D eigenvalue weighted by Crippen LogP contribution is 2.22. The van der Waals surface area contributed by atoms with Gasteiger partial charge in [0, 0.05) is 22.8 Å². The first-order chi connectivity index (χ1) is 13.1. The maximum Gasteiger partial charge on any atom is 0.272 e. The summed E-state index contributed by atoms with van der Waals surface area (Å²) in [7, 11) is 0. The fourth-order valence-corrected chi connectivity index (χ4v) is 3.53. The van der Waals surface area contributed by atoms with Gasteiger partial charge in [-0.25, -0.2) is 4.98 Å². The van der Waals surface area contributed by atoms with Crippen LogP contribution in [0.3, 0.4) is 0 Å². The van der Waals surface area contributed by atoms with Crippen LogP contribution in [-0.4, -0.2) is 27.2 Å². The largest absolute Gasteiger partial charge is 0.348 e. The maximum absolute atomic E-state index is 12.9. The Kier molecular flexibility index (Phi) is 4.81.